The Balaban J connectivity index is 1.88. The van der Waals surface area contributed by atoms with E-state index in [1.165, 1.54) is 25.7 Å². The summed E-state index contributed by atoms with van der Waals surface area (Å²) in [6.07, 6.45) is 1.54. The fraction of sp³-hybridized carbons (Fsp3) is 0.458. The average molecular weight is 445 g/mol. The summed E-state index contributed by atoms with van der Waals surface area (Å²) >= 11 is 0. The van der Waals surface area contributed by atoms with Gasteiger partial charge in [0.25, 0.3) is 0 Å². The van der Waals surface area contributed by atoms with Crippen LogP contribution in [0.1, 0.15) is 51.7 Å². The van der Waals surface area contributed by atoms with Crippen molar-refractivity contribution in [2.24, 2.45) is 0 Å². The molecule has 2 aromatic carbocycles. The molecule has 7 heteroatoms. The van der Waals surface area contributed by atoms with E-state index in [4.69, 9.17) is 4.74 Å². The van der Waals surface area contributed by atoms with Crippen LogP contribution in [0, 0.1) is 0 Å². The molecular weight excluding hydrogens is 412 g/mol. The van der Waals surface area contributed by atoms with E-state index in [2.05, 4.69) is 38.2 Å². The van der Waals surface area contributed by atoms with Crippen LogP contribution in [0.5, 0.6) is 5.75 Å². The Morgan fingerprint density at radius 2 is 1.71 bits per heavy atom. The van der Waals surface area contributed by atoms with Gasteiger partial charge in [0.15, 0.2) is 0 Å². The molecule has 168 valence electrons. The van der Waals surface area contributed by atoms with Crippen LogP contribution in [-0.4, -0.2) is 39.3 Å². The standard InChI is InChI=1S/C24H32N2O4S/c1-7-30-20-13-12-19(16-21(20)31(28,29)26(5)6)25-22(27)24(14-15-24)18-10-8-17(9-11-18)23(2,3)4/h8-13,16H,7,14-15H2,1-6H3,(H,25,27). The minimum Gasteiger partial charge on any atom is -0.492 e. The number of hydrogen-bond donors (Lipinski definition) is 1. The molecule has 6 nitrogen and oxygen atoms in total. The molecule has 3 rings (SSSR count). The van der Waals surface area contributed by atoms with Crippen molar-refractivity contribution in [2.45, 2.75) is 56.3 Å². The summed E-state index contributed by atoms with van der Waals surface area (Å²) in [7, 11) is -0.784. The summed E-state index contributed by atoms with van der Waals surface area (Å²) < 4.78 is 32.1. The molecule has 0 spiro atoms. The van der Waals surface area contributed by atoms with E-state index in [0.717, 1.165) is 22.7 Å². The van der Waals surface area contributed by atoms with Crippen molar-refractivity contribution in [1.82, 2.24) is 4.31 Å². The Morgan fingerprint density at radius 3 is 2.19 bits per heavy atom. The summed E-state index contributed by atoms with van der Waals surface area (Å²) in [6, 6.07) is 13.0. The van der Waals surface area contributed by atoms with E-state index in [1.807, 2.05) is 12.1 Å². The number of amides is 1. The molecular formula is C24H32N2O4S. The van der Waals surface area contributed by atoms with Crippen molar-refractivity contribution in [3.63, 3.8) is 0 Å². The first kappa shape index (κ1) is 23.3. The third-order valence-electron chi connectivity index (χ3n) is 5.75. The van der Waals surface area contributed by atoms with Gasteiger partial charge in [-0.1, -0.05) is 45.0 Å². The van der Waals surface area contributed by atoms with E-state index in [1.54, 1.807) is 19.1 Å². The van der Waals surface area contributed by atoms with Crippen LogP contribution >= 0.6 is 0 Å². The maximum absolute atomic E-state index is 13.2. The smallest absolute Gasteiger partial charge is 0.246 e. The lowest BCUT2D eigenvalue weighted by atomic mass is 9.85. The average Bonchev–Trinajstić information content (AvgIpc) is 3.50. The number of anilines is 1. The molecule has 0 atom stereocenters. The fourth-order valence-corrected chi connectivity index (χ4v) is 4.62. The lowest BCUT2D eigenvalue weighted by Crippen LogP contribution is -2.28. The van der Waals surface area contributed by atoms with Gasteiger partial charge in [0.05, 0.1) is 12.0 Å². The Labute approximate surface area is 185 Å². The third kappa shape index (κ3) is 4.62. The van der Waals surface area contributed by atoms with E-state index in [9.17, 15) is 13.2 Å². The number of nitrogens with zero attached hydrogens (tertiary/aromatic N) is 1. The zero-order chi connectivity index (χ0) is 23.0. The van der Waals surface area contributed by atoms with Gasteiger partial charge in [0.2, 0.25) is 15.9 Å². The molecule has 1 N–H and O–H groups in total. The third-order valence-corrected chi connectivity index (χ3v) is 7.58. The molecule has 1 aliphatic rings. The Bertz CT molecular complexity index is 1060. The van der Waals surface area contributed by atoms with Gasteiger partial charge in [-0.3, -0.25) is 4.79 Å². The van der Waals surface area contributed by atoms with Gasteiger partial charge in [-0.15, -0.1) is 0 Å². The van der Waals surface area contributed by atoms with E-state index < -0.39 is 15.4 Å². The van der Waals surface area contributed by atoms with Gasteiger partial charge in [-0.05, 0) is 54.5 Å². The molecule has 1 aliphatic carbocycles. The fourth-order valence-electron chi connectivity index (χ4n) is 3.57. The Kier molecular flexibility index (Phi) is 6.22. The highest BCUT2D eigenvalue weighted by atomic mass is 32.2. The number of nitrogens with one attached hydrogen (secondary N) is 1. The number of carbonyl (C=O) groups excluding carboxylic acids is 1. The highest BCUT2D eigenvalue weighted by molar-refractivity contribution is 7.89. The molecule has 0 unspecified atom stereocenters. The lowest BCUT2D eigenvalue weighted by Gasteiger charge is -2.21. The van der Waals surface area contributed by atoms with E-state index in [0.29, 0.717) is 12.3 Å². The first-order valence-corrected chi connectivity index (χ1v) is 12.0. The van der Waals surface area contributed by atoms with Crippen molar-refractivity contribution in [3.05, 3.63) is 53.6 Å². The van der Waals surface area contributed by atoms with Gasteiger partial charge in [0, 0.05) is 19.8 Å². The van der Waals surface area contributed by atoms with Gasteiger partial charge >= 0.3 is 0 Å². The second kappa shape index (κ2) is 8.28. The monoisotopic (exact) mass is 444 g/mol. The van der Waals surface area contributed by atoms with Crippen molar-refractivity contribution in [1.29, 1.82) is 0 Å². The molecule has 0 aromatic heterocycles. The zero-order valence-electron chi connectivity index (χ0n) is 19.2. The van der Waals surface area contributed by atoms with Crippen LogP contribution in [0.4, 0.5) is 5.69 Å². The molecule has 0 saturated heterocycles. The van der Waals surface area contributed by atoms with E-state index in [-0.39, 0.29) is 22.0 Å². The lowest BCUT2D eigenvalue weighted by molar-refractivity contribution is -0.118. The van der Waals surface area contributed by atoms with Crippen molar-refractivity contribution < 1.29 is 17.9 Å². The number of ether oxygens (including phenoxy) is 1. The number of sulfonamides is 1. The van der Waals surface area contributed by atoms with Crippen molar-refractivity contribution >= 4 is 21.6 Å². The quantitative estimate of drug-likeness (QED) is 0.691. The summed E-state index contributed by atoms with van der Waals surface area (Å²) in [5.74, 6) is 0.154. The first-order valence-electron chi connectivity index (χ1n) is 10.5. The second-order valence-electron chi connectivity index (χ2n) is 9.25. The molecule has 1 amide bonds. The second-order valence-corrected chi connectivity index (χ2v) is 11.4. The number of carbonyl (C=O) groups is 1. The topological polar surface area (TPSA) is 75.7 Å². The maximum atomic E-state index is 13.2. The SMILES string of the molecule is CCOc1ccc(NC(=O)C2(c3ccc(C(C)(C)C)cc3)CC2)cc1S(=O)(=O)N(C)C. The minimum atomic E-state index is -3.72. The van der Waals surface area contributed by atoms with Gasteiger partial charge in [-0.25, -0.2) is 12.7 Å². The molecule has 0 radical (unpaired) electrons. The summed E-state index contributed by atoms with van der Waals surface area (Å²) in [6.45, 7) is 8.62. The molecule has 1 saturated carbocycles. The summed E-state index contributed by atoms with van der Waals surface area (Å²) in [5.41, 5.74) is 2.14. The van der Waals surface area contributed by atoms with Crippen LogP contribution in [0.25, 0.3) is 0 Å². The number of benzene rings is 2. The van der Waals surface area contributed by atoms with Gasteiger partial charge in [-0.2, -0.15) is 0 Å². The zero-order valence-corrected chi connectivity index (χ0v) is 20.0. The molecule has 0 bridgehead atoms. The number of rotatable bonds is 7. The maximum Gasteiger partial charge on any atom is 0.246 e. The van der Waals surface area contributed by atoms with Crippen LogP contribution in [0.15, 0.2) is 47.4 Å². The van der Waals surface area contributed by atoms with Crippen LogP contribution in [0.3, 0.4) is 0 Å². The molecule has 0 aliphatic heterocycles. The molecule has 1 fully saturated rings. The van der Waals surface area contributed by atoms with Crippen LogP contribution < -0.4 is 10.1 Å². The number of hydrogen-bond acceptors (Lipinski definition) is 4. The van der Waals surface area contributed by atoms with Gasteiger partial charge in [0.1, 0.15) is 10.6 Å². The highest BCUT2D eigenvalue weighted by Gasteiger charge is 2.51. The molecule has 0 heterocycles. The van der Waals surface area contributed by atoms with Crippen LogP contribution in [-0.2, 0) is 25.6 Å². The predicted octanol–water partition coefficient (Wildman–Crippen LogP) is 4.30. The van der Waals surface area contributed by atoms with E-state index >= 15 is 0 Å². The highest BCUT2D eigenvalue weighted by Crippen LogP contribution is 2.49. The first-order chi connectivity index (χ1) is 14.4. The Morgan fingerprint density at radius 1 is 1.10 bits per heavy atom. The van der Waals surface area contributed by atoms with Crippen LogP contribution in [0.2, 0.25) is 0 Å². The van der Waals surface area contributed by atoms with Crippen molar-refractivity contribution in [3.8, 4) is 5.75 Å². The minimum absolute atomic E-state index is 0.0385. The molecule has 2 aromatic rings. The Hall–Kier alpha value is -2.38. The predicted molar refractivity (Wildman–Crippen MR) is 123 cm³/mol. The largest absolute Gasteiger partial charge is 0.492 e. The normalized spacial score (nSPS) is 15.6. The molecule has 31 heavy (non-hydrogen) atoms. The van der Waals surface area contributed by atoms with Crippen molar-refractivity contribution in [2.75, 3.05) is 26.0 Å². The summed E-state index contributed by atoms with van der Waals surface area (Å²) in [4.78, 5) is 13.2. The summed E-state index contributed by atoms with van der Waals surface area (Å²) in [5, 5.41) is 2.93. The van der Waals surface area contributed by atoms with Gasteiger partial charge < -0.3 is 10.1 Å².